The third-order valence-corrected chi connectivity index (χ3v) is 5.72. The van der Waals surface area contributed by atoms with E-state index in [9.17, 15) is 0 Å². The molecular weight excluding hydrogens is 332 g/mol. The number of rotatable bonds is 6. The van der Waals surface area contributed by atoms with Crippen molar-refractivity contribution >= 4 is 8.32 Å². The molecule has 3 aromatic rings. The zero-order chi connectivity index (χ0) is 18.6. The molecule has 3 aromatic carbocycles. The van der Waals surface area contributed by atoms with Crippen molar-refractivity contribution < 1.29 is 4.43 Å². The molecule has 0 aliphatic heterocycles. The Morgan fingerprint density at radius 3 is 1.42 bits per heavy atom. The minimum atomic E-state index is -1.80. The van der Waals surface area contributed by atoms with Crippen LogP contribution in [-0.2, 0) is 10.0 Å². The second-order valence-corrected chi connectivity index (χ2v) is 12.4. The van der Waals surface area contributed by atoms with E-state index >= 15 is 0 Å². The van der Waals surface area contributed by atoms with Crippen LogP contribution in [-0.4, -0.2) is 8.32 Å². The molecule has 1 unspecified atom stereocenters. The van der Waals surface area contributed by atoms with Gasteiger partial charge in [-0.15, -0.1) is 0 Å². The van der Waals surface area contributed by atoms with Crippen LogP contribution in [0, 0.1) is 0 Å². The molecule has 3 rings (SSSR count). The predicted octanol–water partition coefficient (Wildman–Crippen LogP) is 6.59. The third-order valence-electron chi connectivity index (χ3n) is 4.68. The number of hydrogen-bond acceptors (Lipinski definition) is 1. The Hall–Kier alpha value is -2.16. The van der Waals surface area contributed by atoms with Crippen LogP contribution in [0.2, 0.25) is 19.6 Å². The lowest BCUT2D eigenvalue weighted by atomic mass is 9.75. The first-order chi connectivity index (χ1) is 12.4. The van der Waals surface area contributed by atoms with Gasteiger partial charge in [0.15, 0.2) is 8.32 Å². The van der Waals surface area contributed by atoms with Crippen LogP contribution >= 0.6 is 0 Å². The minimum Gasteiger partial charge on any atom is -0.407 e. The van der Waals surface area contributed by atoms with Crippen molar-refractivity contribution in [1.82, 2.24) is 0 Å². The fourth-order valence-electron chi connectivity index (χ4n) is 3.81. The van der Waals surface area contributed by atoms with Gasteiger partial charge >= 0.3 is 0 Å². The van der Waals surface area contributed by atoms with Gasteiger partial charge in [-0.3, -0.25) is 0 Å². The normalized spacial score (nSPS) is 14.2. The molecule has 26 heavy (non-hydrogen) atoms. The zero-order valence-electron chi connectivity index (χ0n) is 16.1. The summed E-state index contributed by atoms with van der Waals surface area (Å²) in [6.07, 6.45) is 0. The zero-order valence-corrected chi connectivity index (χ0v) is 17.1. The predicted molar refractivity (Wildman–Crippen MR) is 113 cm³/mol. The van der Waals surface area contributed by atoms with Crippen LogP contribution in [0.25, 0.3) is 0 Å². The van der Waals surface area contributed by atoms with Gasteiger partial charge < -0.3 is 4.43 Å². The second-order valence-electron chi connectivity index (χ2n) is 7.94. The van der Waals surface area contributed by atoms with E-state index in [1.807, 2.05) is 0 Å². The van der Waals surface area contributed by atoms with E-state index in [0.717, 1.165) is 0 Å². The average molecular weight is 361 g/mol. The standard InChI is InChI=1S/C24H28OSi/c1-24(25-26(2,3)4,22-18-12-7-13-19-22)23(20-14-8-5-9-15-20)21-16-10-6-11-17-21/h5-19,23H,1-4H3. The Labute approximate surface area is 158 Å². The fraction of sp³-hybridized carbons (Fsp3) is 0.250. The molecule has 0 saturated carbocycles. The van der Waals surface area contributed by atoms with Gasteiger partial charge in [0.05, 0.1) is 5.60 Å². The van der Waals surface area contributed by atoms with E-state index in [4.69, 9.17) is 4.43 Å². The maximum absolute atomic E-state index is 6.92. The Morgan fingerprint density at radius 2 is 1.04 bits per heavy atom. The Morgan fingerprint density at radius 1 is 0.654 bits per heavy atom. The molecule has 0 aliphatic carbocycles. The first-order valence-electron chi connectivity index (χ1n) is 9.26. The Balaban J connectivity index is 2.23. The summed E-state index contributed by atoms with van der Waals surface area (Å²) in [6.45, 7) is 9.05. The van der Waals surface area contributed by atoms with E-state index in [2.05, 4.69) is 118 Å². The van der Waals surface area contributed by atoms with Crippen LogP contribution in [0.4, 0.5) is 0 Å². The first kappa shape index (κ1) is 18.6. The SMILES string of the molecule is CC(O[Si](C)(C)C)(c1ccccc1)C(c1ccccc1)c1ccccc1. The van der Waals surface area contributed by atoms with E-state index in [0.29, 0.717) is 0 Å². The van der Waals surface area contributed by atoms with Gasteiger partial charge in [-0.1, -0.05) is 91.0 Å². The number of hydrogen-bond donors (Lipinski definition) is 0. The lowest BCUT2D eigenvalue weighted by Gasteiger charge is -2.43. The summed E-state index contributed by atoms with van der Waals surface area (Å²) in [5, 5.41) is 0. The molecule has 2 heteroatoms. The molecule has 0 radical (unpaired) electrons. The van der Waals surface area contributed by atoms with Gasteiger partial charge in [0.1, 0.15) is 0 Å². The molecule has 0 amide bonds. The maximum Gasteiger partial charge on any atom is 0.185 e. The highest BCUT2D eigenvalue weighted by Gasteiger charge is 2.42. The van der Waals surface area contributed by atoms with Crippen LogP contribution in [0.1, 0.15) is 29.5 Å². The number of benzene rings is 3. The largest absolute Gasteiger partial charge is 0.407 e. The van der Waals surface area contributed by atoms with Crippen molar-refractivity contribution in [2.75, 3.05) is 0 Å². The van der Waals surface area contributed by atoms with Crippen molar-refractivity contribution in [2.45, 2.75) is 38.1 Å². The van der Waals surface area contributed by atoms with Gasteiger partial charge in [-0.2, -0.15) is 0 Å². The molecule has 0 saturated heterocycles. The quantitative estimate of drug-likeness (QED) is 0.451. The van der Waals surface area contributed by atoms with Crippen molar-refractivity contribution in [1.29, 1.82) is 0 Å². The van der Waals surface area contributed by atoms with Crippen molar-refractivity contribution in [2.24, 2.45) is 0 Å². The maximum atomic E-state index is 6.92. The van der Waals surface area contributed by atoms with Crippen LogP contribution < -0.4 is 0 Å². The van der Waals surface area contributed by atoms with Gasteiger partial charge in [0, 0.05) is 5.92 Å². The Bertz CT molecular complexity index is 770. The summed E-state index contributed by atoms with van der Waals surface area (Å²) in [5.41, 5.74) is 3.35. The average Bonchev–Trinajstić information content (AvgIpc) is 2.63. The fourth-order valence-corrected chi connectivity index (χ4v) is 5.32. The molecule has 0 N–H and O–H groups in total. The van der Waals surface area contributed by atoms with Gasteiger partial charge in [-0.25, -0.2) is 0 Å². The third kappa shape index (κ3) is 4.14. The highest BCUT2D eigenvalue weighted by molar-refractivity contribution is 6.69. The van der Waals surface area contributed by atoms with E-state index < -0.39 is 13.9 Å². The van der Waals surface area contributed by atoms with Gasteiger partial charge in [0.2, 0.25) is 0 Å². The van der Waals surface area contributed by atoms with Crippen LogP contribution in [0.3, 0.4) is 0 Å². The molecular formula is C24H28OSi. The molecule has 1 atom stereocenters. The highest BCUT2D eigenvalue weighted by Crippen LogP contribution is 2.45. The summed E-state index contributed by atoms with van der Waals surface area (Å²) in [6, 6.07) is 32.1. The van der Waals surface area contributed by atoms with E-state index in [-0.39, 0.29) is 5.92 Å². The van der Waals surface area contributed by atoms with Gasteiger partial charge in [0.25, 0.3) is 0 Å². The van der Waals surface area contributed by atoms with Gasteiger partial charge in [-0.05, 0) is 43.3 Å². The smallest absolute Gasteiger partial charge is 0.185 e. The molecule has 0 bridgehead atoms. The summed E-state index contributed by atoms with van der Waals surface area (Å²) in [5.74, 6) is 0.124. The molecule has 0 aromatic heterocycles. The molecule has 1 nitrogen and oxygen atoms in total. The Kier molecular flexibility index (Phi) is 5.45. The minimum absolute atomic E-state index is 0.124. The lowest BCUT2D eigenvalue weighted by Crippen LogP contribution is -2.43. The molecule has 0 fully saturated rings. The molecule has 0 aliphatic rings. The van der Waals surface area contributed by atoms with E-state index in [1.54, 1.807) is 0 Å². The monoisotopic (exact) mass is 360 g/mol. The summed E-state index contributed by atoms with van der Waals surface area (Å²) in [4.78, 5) is 0. The van der Waals surface area contributed by atoms with Crippen LogP contribution in [0.15, 0.2) is 91.0 Å². The first-order valence-corrected chi connectivity index (χ1v) is 12.7. The van der Waals surface area contributed by atoms with E-state index in [1.165, 1.54) is 16.7 Å². The van der Waals surface area contributed by atoms with Crippen molar-refractivity contribution in [3.05, 3.63) is 108 Å². The lowest BCUT2D eigenvalue weighted by molar-refractivity contribution is 0.0599. The topological polar surface area (TPSA) is 9.23 Å². The highest BCUT2D eigenvalue weighted by atomic mass is 28.4. The van der Waals surface area contributed by atoms with Crippen molar-refractivity contribution in [3.63, 3.8) is 0 Å². The summed E-state index contributed by atoms with van der Waals surface area (Å²) < 4.78 is 6.92. The summed E-state index contributed by atoms with van der Waals surface area (Å²) >= 11 is 0. The molecule has 134 valence electrons. The summed E-state index contributed by atoms with van der Waals surface area (Å²) in [7, 11) is -1.80. The molecule has 0 spiro atoms. The van der Waals surface area contributed by atoms with Crippen LogP contribution in [0.5, 0.6) is 0 Å². The van der Waals surface area contributed by atoms with Crippen molar-refractivity contribution in [3.8, 4) is 0 Å². The molecule has 0 heterocycles. The second kappa shape index (κ2) is 7.61.